The van der Waals surface area contributed by atoms with E-state index in [-0.39, 0.29) is 17.8 Å². The molecule has 0 aliphatic heterocycles. The lowest BCUT2D eigenvalue weighted by Gasteiger charge is -2.20. The van der Waals surface area contributed by atoms with Gasteiger partial charge in [-0.3, -0.25) is 0 Å². The number of carbonyl (C=O) groups excluding carboxylic acids is 1. The minimum absolute atomic E-state index is 0.255. The van der Waals surface area contributed by atoms with Crippen molar-refractivity contribution in [2.45, 2.75) is 72.0 Å². The van der Waals surface area contributed by atoms with E-state index in [1.807, 2.05) is 18.2 Å². The van der Waals surface area contributed by atoms with Crippen LogP contribution in [0.2, 0.25) is 0 Å². The van der Waals surface area contributed by atoms with E-state index < -0.39 is 0 Å². The van der Waals surface area contributed by atoms with E-state index in [2.05, 4.69) is 26.0 Å². The fourth-order valence-electron chi connectivity index (χ4n) is 2.81. The molecule has 0 aliphatic rings. The van der Waals surface area contributed by atoms with E-state index in [1.165, 1.54) is 5.56 Å². The smallest absolute Gasteiger partial charge is 0.129 e. The zero-order valence-corrected chi connectivity index (χ0v) is 15.5. The van der Waals surface area contributed by atoms with Crippen molar-refractivity contribution in [3.63, 3.8) is 0 Å². The zero-order valence-electron chi connectivity index (χ0n) is 15.5. The summed E-state index contributed by atoms with van der Waals surface area (Å²) in [6.07, 6.45) is 5.20. The molecular formula is C21H34O3. The SMILES string of the molecule is CC(=O)CCCC(C)CCC(O)C(C)CCOCc1ccccc1. The molecule has 3 nitrogen and oxygen atoms in total. The first kappa shape index (κ1) is 20.9. The fraction of sp³-hybridized carbons (Fsp3) is 0.667. The number of ether oxygens (including phenoxy) is 1. The van der Waals surface area contributed by atoms with Crippen molar-refractivity contribution in [3.8, 4) is 0 Å². The van der Waals surface area contributed by atoms with Gasteiger partial charge in [-0.25, -0.2) is 0 Å². The number of benzene rings is 1. The first-order valence-corrected chi connectivity index (χ1v) is 9.28. The molecule has 1 aromatic rings. The van der Waals surface area contributed by atoms with Crippen LogP contribution < -0.4 is 0 Å². The van der Waals surface area contributed by atoms with Gasteiger partial charge in [-0.1, -0.05) is 50.6 Å². The molecule has 1 rings (SSSR count). The number of hydrogen-bond acceptors (Lipinski definition) is 3. The van der Waals surface area contributed by atoms with E-state index in [1.54, 1.807) is 6.92 Å². The number of carbonyl (C=O) groups is 1. The van der Waals surface area contributed by atoms with Gasteiger partial charge >= 0.3 is 0 Å². The first-order valence-electron chi connectivity index (χ1n) is 9.28. The Morgan fingerprint density at radius 3 is 2.46 bits per heavy atom. The first-order chi connectivity index (χ1) is 11.5. The molecule has 0 aromatic heterocycles. The molecule has 0 fully saturated rings. The van der Waals surface area contributed by atoms with Gasteiger partial charge in [0.05, 0.1) is 12.7 Å². The molecule has 0 aliphatic carbocycles. The average molecular weight is 334 g/mol. The highest BCUT2D eigenvalue weighted by Crippen LogP contribution is 2.20. The number of hydrogen-bond donors (Lipinski definition) is 1. The summed E-state index contributed by atoms with van der Waals surface area (Å²) in [5.74, 6) is 1.09. The van der Waals surface area contributed by atoms with Crippen molar-refractivity contribution in [3.05, 3.63) is 35.9 Å². The van der Waals surface area contributed by atoms with Gasteiger partial charge in [-0.15, -0.1) is 0 Å². The summed E-state index contributed by atoms with van der Waals surface area (Å²) in [4.78, 5) is 10.9. The van der Waals surface area contributed by atoms with Crippen molar-refractivity contribution in [2.24, 2.45) is 11.8 Å². The van der Waals surface area contributed by atoms with Gasteiger partial charge in [0, 0.05) is 13.0 Å². The van der Waals surface area contributed by atoms with Gasteiger partial charge in [-0.2, -0.15) is 0 Å². The van der Waals surface area contributed by atoms with Crippen LogP contribution in [0, 0.1) is 11.8 Å². The molecule has 136 valence electrons. The van der Waals surface area contributed by atoms with Gasteiger partial charge in [-0.05, 0) is 50.0 Å². The van der Waals surface area contributed by atoms with Gasteiger partial charge < -0.3 is 14.6 Å². The Labute approximate surface area is 147 Å². The Morgan fingerprint density at radius 2 is 1.79 bits per heavy atom. The van der Waals surface area contributed by atoms with Crippen molar-refractivity contribution in [2.75, 3.05) is 6.61 Å². The molecule has 3 unspecified atom stereocenters. The number of Topliss-reactive ketones (excluding diaryl/α,β-unsaturated/α-hetero) is 1. The van der Waals surface area contributed by atoms with Gasteiger partial charge in [0.25, 0.3) is 0 Å². The normalized spacial score (nSPS) is 15.0. The number of ketones is 1. The quantitative estimate of drug-likeness (QED) is 0.529. The Bertz CT molecular complexity index is 444. The van der Waals surface area contributed by atoms with E-state index >= 15 is 0 Å². The van der Waals surface area contributed by atoms with Crippen LogP contribution in [0.4, 0.5) is 0 Å². The monoisotopic (exact) mass is 334 g/mol. The number of aliphatic hydroxyl groups excluding tert-OH is 1. The van der Waals surface area contributed by atoms with Crippen molar-refractivity contribution in [1.29, 1.82) is 0 Å². The van der Waals surface area contributed by atoms with Crippen LogP contribution in [0.25, 0.3) is 0 Å². The summed E-state index contributed by atoms with van der Waals surface area (Å²) in [6, 6.07) is 10.2. The van der Waals surface area contributed by atoms with E-state index in [0.29, 0.717) is 25.6 Å². The molecule has 24 heavy (non-hydrogen) atoms. The number of rotatable bonds is 13. The lowest BCUT2D eigenvalue weighted by Crippen LogP contribution is -2.20. The molecule has 0 amide bonds. The van der Waals surface area contributed by atoms with Crippen LogP contribution in [0.3, 0.4) is 0 Å². The maximum atomic E-state index is 10.9. The summed E-state index contributed by atoms with van der Waals surface area (Å²) in [7, 11) is 0. The molecule has 0 spiro atoms. The van der Waals surface area contributed by atoms with E-state index in [4.69, 9.17) is 4.74 Å². The lowest BCUT2D eigenvalue weighted by molar-refractivity contribution is -0.117. The second-order valence-corrected chi connectivity index (χ2v) is 7.15. The molecule has 0 radical (unpaired) electrons. The highest BCUT2D eigenvalue weighted by atomic mass is 16.5. The van der Waals surface area contributed by atoms with Crippen LogP contribution in [-0.2, 0) is 16.1 Å². The molecule has 1 N–H and O–H groups in total. The predicted octanol–water partition coefficient (Wildman–Crippen LogP) is 4.77. The third-order valence-corrected chi connectivity index (χ3v) is 4.67. The summed E-state index contributed by atoms with van der Waals surface area (Å²) >= 11 is 0. The van der Waals surface area contributed by atoms with Crippen LogP contribution in [0.5, 0.6) is 0 Å². The van der Waals surface area contributed by atoms with Crippen molar-refractivity contribution < 1.29 is 14.6 Å². The van der Waals surface area contributed by atoms with Gasteiger partial charge in [0.15, 0.2) is 0 Å². The Kier molecular flexibility index (Phi) is 10.6. The molecule has 0 saturated heterocycles. The fourth-order valence-corrected chi connectivity index (χ4v) is 2.81. The Morgan fingerprint density at radius 1 is 1.08 bits per heavy atom. The van der Waals surface area contributed by atoms with Crippen molar-refractivity contribution >= 4 is 5.78 Å². The summed E-state index contributed by atoms with van der Waals surface area (Å²) in [5.41, 5.74) is 1.19. The lowest BCUT2D eigenvalue weighted by atomic mass is 9.91. The standard InChI is InChI=1S/C21H34O3/c1-17(8-7-9-19(3)22)12-13-21(23)18(2)14-15-24-16-20-10-5-4-6-11-20/h4-6,10-11,17-18,21,23H,7-9,12-16H2,1-3H3. The van der Waals surface area contributed by atoms with Crippen molar-refractivity contribution in [1.82, 2.24) is 0 Å². The average Bonchev–Trinajstić information content (AvgIpc) is 2.57. The molecule has 0 bridgehead atoms. The topological polar surface area (TPSA) is 46.5 Å². The van der Waals surface area contributed by atoms with Crippen LogP contribution in [0.15, 0.2) is 30.3 Å². The maximum absolute atomic E-state index is 10.9. The molecule has 0 saturated carbocycles. The largest absolute Gasteiger partial charge is 0.393 e. The van der Waals surface area contributed by atoms with Crippen LogP contribution in [-0.4, -0.2) is 23.6 Å². The summed E-state index contributed by atoms with van der Waals surface area (Å²) in [5, 5.41) is 10.3. The Hall–Kier alpha value is -1.19. The minimum atomic E-state index is -0.263. The van der Waals surface area contributed by atoms with E-state index in [0.717, 1.165) is 32.1 Å². The van der Waals surface area contributed by atoms with Crippen LogP contribution >= 0.6 is 0 Å². The number of aliphatic hydroxyl groups is 1. The molecular weight excluding hydrogens is 300 g/mol. The molecule has 3 heteroatoms. The van der Waals surface area contributed by atoms with Gasteiger partial charge in [0.1, 0.15) is 5.78 Å². The third kappa shape index (κ3) is 9.84. The predicted molar refractivity (Wildman–Crippen MR) is 98.8 cm³/mol. The minimum Gasteiger partial charge on any atom is -0.393 e. The second-order valence-electron chi connectivity index (χ2n) is 7.15. The van der Waals surface area contributed by atoms with Gasteiger partial charge in [0.2, 0.25) is 0 Å². The zero-order chi connectivity index (χ0) is 17.8. The maximum Gasteiger partial charge on any atom is 0.129 e. The molecule has 3 atom stereocenters. The second kappa shape index (κ2) is 12.2. The third-order valence-electron chi connectivity index (χ3n) is 4.67. The molecule has 0 heterocycles. The van der Waals surface area contributed by atoms with Crippen LogP contribution in [0.1, 0.15) is 64.9 Å². The highest BCUT2D eigenvalue weighted by Gasteiger charge is 2.15. The highest BCUT2D eigenvalue weighted by molar-refractivity contribution is 5.75. The molecule has 1 aromatic carbocycles. The summed E-state index contributed by atoms with van der Waals surface area (Å²) < 4.78 is 5.70. The Balaban J connectivity index is 2.09. The van der Waals surface area contributed by atoms with E-state index in [9.17, 15) is 9.90 Å². The summed E-state index contributed by atoms with van der Waals surface area (Å²) in [6.45, 7) is 7.27.